The van der Waals surface area contributed by atoms with Crippen molar-refractivity contribution in [2.75, 3.05) is 7.11 Å². The van der Waals surface area contributed by atoms with Crippen LogP contribution in [0, 0.1) is 0 Å². The highest BCUT2D eigenvalue weighted by Crippen LogP contribution is 2.15. The van der Waals surface area contributed by atoms with Crippen molar-refractivity contribution in [3.05, 3.63) is 98.2 Å². The minimum absolute atomic E-state index is 0.0398. The van der Waals surface area contributed by atoms with E-state index in [1.54, 1.807) is 44.5 Å². The van der Waals surface area contributed by atoms with E-state index in [9.17, 15) is 14.4 Å². The molecule has 3 aromatic carbocycles. The van der Waals surface area contributed by atoms with Gasteiger partial charge in [0.05, 0.1) is 24.6 Å². The van der Waals surface area contributed by atoms with Gasteiger partial charge in [-0.25, -0.2) is 9.42 Å². The topological polar surface area (TPSA) is 121 Å². The summed E-state index contributed by atoms with van der Waals surface area (Å²) in [5.74, 6) is 0.403. The second kappa shape index (κ2) is 8.90. The van der Waals surface area contributed by atoms with Crippen LogP contribution in [0.25, 0.3) is 21.9 Å². The molecule has 2 aromatic heterocycles. The van der Waals surface area contributed by atoms with Crippen LogP contribution in [0.2, 0.25) is 0 Å². The zero-order valence-corrected chi connectivity index (χ0v) is 19.0. The molecule has 0 saturated carbocycles. The summed E-state index contributed by atoms with van der Waals surface area (Å²) in [5.41, 5.74) is 2.54. The van der Waals surface area contributed by atoms with E-state index in [4.69, 9.17) is 9.37 Å². The first kappa shape index (κ1) is 22.1. The molecule has 176 valence electrons. The Labute approximate surface area is 198 Å². The lowest BCUT2D eigenvalue weighted by Gasteiger charge is -2.12. The third kappa shape index (κ3) is 4.17. The van der Waals surface area contributed by atoms with Crippen molar-refractivity contribution in [1.82, 2.24) is 24.8 Å². The minimum Gasteiger partial charge on any atom is -0.497 e. The normalized spacial score (nSPS) is 11.1. The molecule has 0 aliphatic carbocycles. The van der Waals surface area contributed by atoms with E-state index >= 15 is 0 Å². The second-order valence-electron chi connectivity index (χ2n) is 8.08. The fourth-order valence-corrected chi connectivity index (χ4v) is 3.93. The number of aromatic nitrogens is 4. The molecule has 0 aliphatic rings. The number of nitrogens with zero attached hydrogens (tertiary/aromatic N) is 4. The average Bonchev–Trinajstić information content (AvgIpc) is 3.36. The van der Waals surface area contributed by atoms with Crippen molar-refractivity contribution in [2.45, 2.75) is 13.1 Å². The van der Waals surface area contributed by atoms with Crippen molar-refractivity contribution in [3.8, 4) is 5.75 Å². The molecule has 0 radical (unpaired) electrons. The highest BCUT2D eigenvalue weighted by molar-refractivity contribution is 5.97. The summed E-state index contributed by atoms with van der Waals surface area (Å²) < 4.78 is 12.4. The molecule has 0 atom stereocenters. The Morgan fingerprint density at radius 3 is 2.49 bits per heavy atom. The molecule has 10 nitrogen and oxygen atoms in total. The van der Waals surface area contributed by atoms with E-state index in [1.807, 2.05) is 24.3 Å². The van der Waals surface area contributed by atoms with Crippen LogP contribution in [0.4, 0.5) is 0 Å². The Morgan fingerprint density at radius 2 is 1.71 bits per heavy atom. The van der Waals surface area contributed by atoms with Crippen molar-refractivity contribution in [1.29, 1.82) is 0 Å². The maximum atomic E-state index is 13.3. The molecule has 5 aromatic rings. The summed E-state index contributed by atoms with van der Waals surface area (Å²) in [5, 5.41) is 10.7. The van der Waals surface area contributed by atoms with E-state index in [1.165, 1.54) is 10.6 Å². The third-order valence-corrected chi connectivity index (χ3v) is 5.88. The summed E-state index contributed by atoms with van der Waals surface area (Å²) in [6.45, 7) is 0.357. The van der Waals surface area contributed by atoms with Gasteiger partial charge in [0, 0.05) is 19.2 Å². The van der Waals surface area contributed by atoms with E-state index in [0.29, 0.717) is 34.2 Å². The Kier molecular flexibility index (Phi) is 5.61. The van der Waals surface area contributed by atoms with Gasteiger partial charge in [0.25, 0.3) is 11.5 Å². The third-order valence-electron chi connectivity index (χ3n) is 5.88. The molecular formula is C25H21N5O5. The van der Waals surface area contributed by atoms with Crippen LogP contribution in [0.5, 0.6) is 5.75 Å². The molecule has 10 heteroatoms. The fourth-order valence-electron chi connectivity index (χ4n) is 3.93. The van der Waals surface area contributed by atoms with Crippen molar-refractivity contribution < 1.29 is 14.2 Å². The number of aryl methyl sites for hydroxylation is 1. The molecule has 1 N–H and O–H groups in total. The molecule has 2 heterocycles. The lowest BCUT2D eigenvalue weighted by Crippen LogP contribution is -2.39. The minimum atomic E-state index is -0.480. The Morgan fingerprint density at radius 1 is 0.971 bits per heavy atom. The number of methoxy groups -OCH3 is 1. The number of carbonyl (C=O) groups is 1. The number of hydrogen-bond acceptors (Lipinski definition) is 7. The van der Waals surface area contributed by atoms with Gasteiger partial charge in [0.1, 0.15) is 16.8 Å². The van der Waals surface area contributed by atoms with Crippen LogP contribution in [-0.2, 0) is 20.1 Å². The fraction of sp³-hybridized carbons (Fsp3) is 0.160. The van der Waals surface area contributed by atoms with Crippen molar-refractivity contribution in [3.63, 3.8) is 0 Å². The number of hydrogen-bond donors (Lipinski definition) is 1. The first-order chi connectivity index (χ1) is 16.9. The smallest absolute Gasteiger partial charge is 0.331 e. The summed E-state index contributed by atoms with van der Waals surface area (Å²) in [6.07, 6.45) is 0. The molecule has 35 heavy (non-hydrogen) atoms. The number of rotatable bonds is 6. The molecule has 0 bridgehead atoms. The van der Waals surface area contributed by atoms with Gasteiger partial charge in [-0.1, -0.05) is 18.2 Å². The van der Waals surface area contributed by atoms with Gasteiger partial charge in [-0.2, -0.15) is 0 Å². The molecular weight excluding hydrogens is 450 g/mol. The second-order valence-corrected chi connectivity index (χ2v) is 8.08. The van der Waals surface area contributed by atoms with Crippen LogP contribution in [0.15, 0.2) is 74.9 Å². The predicted octanol–water partition coefficient (Wildman–Crippen LogP) is 2.22. The first-order valence-corrected chi connectivity index (χ1v) is 10.8. The van der Waals surface area contributed by atoms with Crippen molar-refractivity contribution >= 4 is 27.8 Å². The maximum absolute atomic E-state index is 13.3. The van der Waals surface area contributed by atoms with Gasteiger partial charge in [0.15, 0.2) is 0 Å². The first-order valence-electron chi connectivity index (χ1n) is 10.8. The number of ether oxygens (including phenoxy) is 1. The lowest BCUT2D eigenvalue weighted by molar-refractivity contribution is 0.0951. The van der Waals surface area contributed by atoms with Gasteiger partial charge < -0.3 is 10.1 Å². The highest BCUT2D eigenvalue weighted by atomic mass is 16.6. The molecule has 0 aliphatic heterocycles. The largest absolute Gasteiger partial charge is 0.497 e. The average molecular weight is 471 g/mol. The van der Waals surface area contributed by atoms with E-state index in [2.05, 4.69) is 15.6 Å². The van der Waals surface area contributed by atoms with Gasteiger partial charge >= 0.3 is 5.69 Å². The summed E-state index contributed by atoms with van der Waals surface area (Å²) >= 11 is 0. The van der Waals surface area contributed by atoms with Crippen LogP contribution in [0.1, 0.15) is 21.5 Å². The van der Waals surface area contributed by atoms with Gasteiger partial charge in [-0.05, 0) is 63.9 Å². The predicted molar refractivity (Wildman–Crippen MR) is 129 cm³/mol. The number of carbonyl (C=O) groups excluding carboxylic acids is 1. The Balaban J connectivity index is 1.45. The summed E-state index contributed by atoms with van der Waals surface area (Å²) in [6, 6.07) is 17.3. The Bertz CT molecular complexity index is 1680. The molecule has 1 amide bonds. The van der Waals surface area contributed by atoms with Gasteiger partial charge in [-0.15, -0.1) is 0 Å². The number of benzene rings is 3. The zero-order chi connectivity index (χ0) is 24.5. The van der Waals surface area contributed by atoms with Crippen LogP contribution >= 0.6 is 0 Å². The standard InChI is InChI=1S/C25H21N5O5/c1-29-22-10-6-17(23(31)26-13-15-3-7-18(34-2)8-4-15)12-19(22)24(32)30(25(29)33)14-16-5-9-20-21(11-16)28-35-27-20/h3-12H,13-14H2,1-2H3,(H,26,31). The number of nitrogens with one attached hydrogen (secondary N) is 1. The lowest BCUT2D eigenvalue weighted by atomic mass is 10.1. The highest BCUT2D eigenvalue weighted by Gasteiger charge is 2.15. The molecule has 5 rings (SSSR count). The van der Waals surface area contributed by atoms with Crippen LogP contribution in [-0.4, -0.2) is 32.5 Å². The molecule has 0 fully saturated rings. The van der Waals surface area contributed by atoms with Gasteiger partial charge in [0.2, 0.25) is 0 Å². The molecule has 0 unspecified atom stereocenters. The monoisotopic (exact) mass is 471 g/mol. The van der Waals surface area contributed by atoms with Crippen LogP contribution in [0.3, 0.4) is 0 Å². The summed E-state index contributed by atoms with van der Waals surface area (Å²) in [7, 11) is 3.18. The quantitative estimate of drug-likeness (QED) is 0.403. The Hall–Kier alpha value is -4.73. The SMILES string of the molecule is COc1ccc(CNC(=O)c2ccc3c(c2)c(=O)n(Cc2ccc4nonc4c2)c(=O)n3C)cc1. The summed E-state index contributed by atoms with van der Waals surface area (Å²) in [4.78, 5) is 39.0. The van der Waals surface area contributed by atoms with Crippen LogP contribution < -0.4 is 21.3 Å². The van der Waals surface area contributed by atoms with E-state index in [-0.39, 0.29) is 17.8 Å². The maximum Gasteiger partial charge on any atom is 0.331 e. The molecule has 0 saturated heterocycles. The molecule has 0 spiro atoms. The number of amides is 1. The van der Waals surface area contributed by atoms with E-state index < -0.39 is 11.2 Å². The van der Waals surface area contributed by atoms with Gasteiger partial charge in [-0.3, -0.25) is 18.7 Å². The van der Waals surface area contributed by atoms with E-state index in [0.717, 1.165) is 15.9 Å². The zero-order valence-electron chi connectivity index (χ0n) is 19.0. The number of fused-ring (bicyclic) bond motifs is 2. The van der Waals surface area contributed by atoms with Crippen molar-refractivity contribution in [2.24, 2.45) is 7.05 Å².